The Hall–Kier alpha value is -1.36. The Labute approximate surface area is 545 Å². The van der Waals surface area contributed by atoms with Crippen LogP contribution in [-0.4, -0.2) is 96.0 Å². The first-order valence-electron chi connectivity index (χ1n) is 36.2. The summed E-state index contributed by atoms with van der Waals surface area (Å²) in [6, 6.07) is 0. The van der Waals surface area contributed by atoms with Crippen molar-refractivity contribution in [2.45, 2.75) is 437 Å². The van der Waals surface area contributed by atoms with E-state index in [1.165, 1.54) is 128 Å². The topological polar surface area (TPSA) is 241 Å². The first-order chi connectivity index (χ1) is 40.7. The van der Waals surface area contributed by atoms with Gasteiger partial charge in [-0.1, -0.05) is 310 Å². The van der Waals surface area contributed by atoms with E-state index < -0.39 is 23.9 Å². The van der Waals surface area contributed by atoms with Crippen molar-refractivity contribution in [3.05, 3.63) is 0 Å². The first-order valence-corrected chi connectivity index (χ1v) is 36.2. The Morgan fingerprint density at radius 1 is 0.212 bits per heavy atom. The molecule has 0 aromatic rings. The fraction of sp³-hybridized carbons (Fsp3) is 0.944. The molecule has 0 saturated heterocycles. The third-order valence-corrected chi connectivity index (χ3v) is 16.2. The second-order valence-electron chi connectivity index (χ2n) is 25.0. The zero-order chi connectivity index (χ0) is 63.0. The predicted molar refractivity (Wildman–Crippen MR) is 350 cm³/mol. The summed E-state index contributed by atoms with van der Waals surface area (Å²) in [5.41, 5.74) is 0. The van der Waals surface area contributed by atoms with Crippen molar-refractivity contribution in [2.24, 2.45) is 0 Å². The van der Waals surface area contributed by atoms with E-state index in [1.807, 2.05) is 0 Å². The maximum absolute atomic E-state index is 10.2. The number of aliphatic carboxylic acids is 4. The number of hydrogen-bond acceptors (Lipinski definition) is 12. The minimum Gasteiger partial charge on any atom is -0.550 e. The van der Waals surface area contributed by atoms with Gasteiger partial charge in [0.1, 0.15) is 0 Å². The molecule has 0 heterocycles. The van der Waals surface area contributed by atoms with Crippen LogP contribution in [0.1, 0.15) is 413 Å². The van der Waals surface area contributed by atoms with Crippen LogP contribution in [0.5, 0.6) is 0 Å². The van der Waals surface area contributed by atoms with Gasteiger partial charge in [0.05, 0.1) is 24.4 Å². The van der Waals surface area contributed by atoms with Crippen molar-refractivity contribution in [3.8, 4) is 0 Å². The van der Waals surface area contributed by atoms with E-state index in [1.54, 1.807) is 0 Å². The second-order valence-corrected chi connectivity index (χ2v) is 25.0. The normalized spacial score (nSPS) is 12.3. The molecule has 0 aliphatic carbocycles. The zero-order valence-corrected chi connectivity index (χ0v) is 60.2. The first kappa shape index (κ1) is 92.4. The summed E-state index contributed by atoms with van der Waals surface area (Å²) in [6.07, 6.45) is 63.5. The molecule has 0 aromatic heterocycles. The molecule has 0 aliphatic rings. The van der Waals surface area contributed by atoms with Crippen LogP contribution in [0.4, 0.5) is 0 Å². The predicted octanol–water partition coefficient (Wildman–Crippen LogP) is 15.5. The average Bonchev–Trinajstić information content (AvgIpc) is 3.45. The molecule has 0 saturated carbocycles. The quantitative estimate of drug-likeness (QED) is 0.0328. The van der Waals surface area contributed by atoms with Crippen LogP contribution < -0.4 is 20.4 Å². The van der Waals surface area contributed by atoms with E-state index >= 15 is 0 Å². The van der Waals surface area contributed by atoms with Gasteiger partial charge in [0.25, 0.3) is 0 Å². The van der Waals surface area contributed by atoms with Crippen LogP contribution in [0, 0.1) is 0 Å². The van der Waals surface area contributed by atoms with Crippen LogP contribution in [0.15, 0.2) is 0 Å². The molecule has 508 valence electrons. The summed E-state index contributed by atoms with van der Waals surface area (Å²) in [6.45, 7) is 8.92. The SMILES string of the molecule is CCCCCCCCC(O)CCCCCCCCC(=O)[O-].CCCCCCCCC(O)CCCCCCCCC(=O)[O-].CCCCCCCCC(O)CCCCCCCCC(=O)[O-].CCCCCCCCC(O)CCCCCCCCC(=O)[O-].[Pb]. The smallest absolute Gasteiger partial charge is 0.0540 e. The Morgan fingerprint density at radius 3 is 0.435 bits per heavy atom. The molecule has 0 rings (SSSR count). The third kappa shape index (κ3) is 96.5. The van der Waals surface area contributed by atoms with Crippen molar-refractivity contribution in [1.29, 1.82) is 0 Å². The number of carbonyl (C=O) groups excluding carboxylic acids is 4. The van der Waals surface area contributed by atoms with Crippen molar-refractivity contribution in [3.63, 3.8) is 0 Å². The van der Waals surface area contributed by atoms with E-state index in [-0.39, 0.29) is 77.4 Å². The van der Waals surface area contributed by atoms with Gasteiger partial charge in [0.15, 0.2) is 0 Å². The molecule has 4 N–H and O–H groups in total. The summed E-state index contributed by atoms with van der Waals surface area (Å²) in [5, 5.41) is 80.4. The van der Waals surface area contributed by atoms with E-state index in [2.05, 4.69) is 27.7 Å². The number of carbonyl (C=O) groups is 4. The minimum atomic E-state index is -0.937. The fourth-order valence-corrected chi connectivity index (χ4v) is 10.6. The Morgan fingerprint density at radius 2 is 0.318 bits per heavy atom. The molecule has 85 heavy (non-hydrogen) atoms. The third-order valence-electron chi connectivity index (χ3n) is 16.2. The summed E-state index contributed by atoms with van der Waals surface area (Å²) in [7, 11) is 0. The van der Waals surface area contributed by atoms with Crippen molar-refractivity contribution in [2.75, 3.05) is 0 Å². The van der Waals surface area contributed by atoms with E-state index in [4.69, 9.17) is 0 Å². The van der Waals surface area contributed by atoms with Crippen LogP contribution in [0.3, 0.4) is 0 Å². The summed E-state index contributed by atoms with van der Waals surface area (Å²) < 4.78 is 0. The van der Waals surface area contributed by atoms with Crippen molar-refractivity contribution in [1.82, 2.24) is 0 Å². The van der Waals surface area contributed by atoms with Crippen LogP contribution in [0.2, 0.25) is 0 Å². The van der Waals surface area contributed by atoms with Gasteiger partial charge in [-0.05, 0) is 103 Å². The number of hydrogen-bond donors (Lipinski definition) is 4. The van der Waals surface area contributed by atoms with Gasteiger partial charge in [0.2, 0.25) is 0 Å². The monoisotopic (exact) mass is 1410 g/mol. The van der Waals surface area contributed by atoms with Gasteiger partial charge in [0, 0.05) is 51.2 Å². The number of unbranched alkanes of at least 4 members (excludes halogenated alkanes) is 40. The van der Waals surface area contributed by atoms with Crippen molar-refractivity contribution >= 4 is 51.2 Å². The van der Waals surface area contributed by atoms with E-state index in [0.717, 1.165) is 231 Å². The largest absolute Gasteiger partial charge is 0.550 e. The van der Waals surface area contributed by atoms with Crippen LogP contribution >= 0.6 is 0 Å². The molecule has 0 amide bonds. The maximum Gasteiger partial charge on any atom is 0.0540 e. The summed E-state index contributed by atoms with van der Waals surface area (Å²) in [5.74, 6) is -3.75. The molecular formula is C72H140O12Pb-4. The molecule has 13 heteroatoms. The van der Waals surface area contributed by atoms with Gasteiger partial charge in [-0.15, -0.1) is 0 Å². The van der Waals surface area contributed by atoms with Gasteiger partial charge in [-0.3, -0.25) is 0 Å². The van der Waals surface area contributed by atoms with Gasteiger partial charge < -0.3 is 60.0 Å². The molecule has 4 atom stereocenters. The van der Waals surface area contributed by atoms with Crippen LogP contribution in [-0.2, 0) is 19.2 Å². The molecular weight excluding hydrogens is 1260 g/mol. The number of aliphatic hydroxyl groups is 4. The second kappa shape index (κ2) is 80.7. The van der Waals surface area contributed by atoms with Crippen molar-refractivity contribution < 1.29 is 60.0 Å². The Bertz CT molecular complexity index is 1110. The number of carboxylic acid groups (broad SMARTS) is 4. The molecule has 4 radical (unpaired) electrons. The Kier molecular flexibility index (Phi) is 87.6. The minimum absolute atomic E-state index is 0. The Balaban J connectivity index is -0.000000333. The summed E-state index contributed by atoms with van der Waals surface area (Å²) >= 11 is 0. The molecule has 12 nitrogen and oxygen atoms in total. The molecule has 0 aliphatic heterocycles. The average molecular weight is 1410 g/mol. The molecule has 0 fully saturated rings. The van der Waals surface area contributed by atoms with Crippen LogP contribution in [0.25, 0.3) is 0 Å². The summed E-state index contributed by atoms with van der Waals surface area (Å²) in [4.78, 5) is 40.9. The molecule has 4 unspecified atom stereocenters. The number of aliphatic hydroxyl groups excluding tert-OH is 4. The number of carboxylic acids is 4. The van der Waals surface area contributed by atoms with Gasteiger partial charge in [-0.2, -0.15) is 0 Å². The van der Waals surface area contributed by atoms with Gasteiger partial charge in [-0.25, -0.2) is 0 Å². The zero-order valence-electron chi connectivity index (χ0n) is 56.3. The molecule has 0 bridgehead atoms. The standard InChI is InChI=1S/4C18H36O3.Pb/c4*1-2-3-4-5-8-11-14-17(19)15-12-9-6-7-10-13-16-18(20)21;/h4*17,19H,2-16H2,1H3,(H,20,21);/p-4. The maximum atomic E-state index is 10.2. The van der Waals surface area contributed by atoms with E-state index in [0.29, 0.717) is 0 Å². The molecule has 0 aromatic carbocycles. The fourth-order valence-electron chi connectivity index (χ4n) is 10.6. The number of rotatable bonds is 64. The van der Waals surface area contributed by atoms with Gasteiger partial charge >= 0.3 is 0 Å². The molecule has 0 spiro atoms. The van der Waals surface area contributed by atoms with E-state index in [9.17, 15) is 60.0 Å².